The number of alkyl halides is 6. The molecule has 0 N–H and O–H groups in total. The van der Waals surface area contributed by atoms with Crippen molar-refractivity contribution >= 4 is 0 Å². The van der Waals surface area contributed by atoms with Gasteiger partial charge in [-0.05, 0) is 59.1 Å². The van der Waals surface area contributed by atoms with Crippen molar-refractivity contribution in [3.8, 4) is 0 Å². The van der Waals surface area contributed by atoms with E-state index in [1.807, 2.05) is 0 Å². The number of hydrogen-bond donors (Lipinski definition) is 0. The molecule has 2 rings (SSSR count). The van der Waals surface area contributed by atoms with Crippen LogP contribution >= 0.6 is 0 Å². The molecule has 0 aliphatic rings. The Morgan fingerprint density at radius 3 is 1.09 bits per heavy atom. The van der Waals surface area contributed by atoms with Gasteiger partial charge in [0.15, 0.2) is 0 Å². The van der Waals surface area contributed by atoms with Crippen LogP contribution < -0.4 is 0 Å². The van der Waals surface area contributed by atoms with Crippen molar-refractivity contribution in [1.29, 1.82) is 0 Å². The predicted octanol–water partition coefficient (Wildman–Crippen LogP) is 8.01. The summed E-state index contributed by atoms with van der Waals surface area (Å²) in [5.74, 6) is 0. The molecule has 0 aliphatic carbocycles. The fraction of sp³-hybridized carbons (Fsp3) is 0.259. The van der Waals surface area contributed by atoms with Crippen molar-refractivity contribution in [2.75, 3.05) is 0 Å². The zero-order chi connectivity index (χ0) is 24.9. The summed E-state index contributed by atoms with van der Waals surface area (Å²) in [6.07, 6.45) is -4.44. The molecule has 33 heavy (non-hydrogen) atoms. The summed E-state index contributed by atoms with van der Waals surface area (Å²) in [4.78, 5) is 0. The normalized spacial score (nSPS) is 12.3. The SMILES string of the molecule is C=CCc1ccc(C(c2ccc(CC=C)c(CC=C)c2)(C(F)(F)F)C(F)(F)F)cc1CC=C. The van der Waals surface area contributed by atoms with Crippen LogP contribution in [0, 0.1) is 0 Å². The highest BCUT2D eigenvalue weighted by molar-refractivity contribution is 5.50. The Morgan fingerprint density at radius 1 is 0.515 bits per heavy atom. The standard InChI is InChI=1S/C27H26F6/c1-5-9-19-13-15-23(17-21(19)11-7-3)25(26(28,29)30,27(31,32)33)24-16-14-20(10-6-2)22(18-24)12-8-4/h5-8,13-18H,1-4,9-12H2. The first-order valence-electron chi connectivity index (χ1n) is 10.3. The first-order valence-corrected chi connectivity index (χ1v) is 10.3. The minimum Gasteiger partial charge on any atom is -0.169 e. The van der Waals surface area contributed by atoms with Gasteiger partial charge in [0.05, 0.1) is 0 Å². The molecule has 0 spiro atoms. The number of rotatable bonds is 10. The second-order valence-electron chi connectivity index (χ2n) is 7.68. The van der Waals surface area contributed by atoms with E-state index in [1.54, 1.807) is 12.2 Å². The van der Waals surface area contributed by atoms with Crippen LogP contribution in [-0.2, 0) is 31.1 Å². The Hall–Kier alpha value is -3.02. The van der Waals surface area contributed by atoms with Gasteiger partial charge < -0.3 is 0 Å². The van der Waals surface area contributed by atoms with Gasteiger partial charge in [-0.15, -0.1) is 26.3 Å². The number of hydrogen-bond acceptors (Lipinski definition) is 0. The smallest absolute Gasteiger partial charge is 0.169 e. The predicted molar refractivity (Wildman–Crippen MR) is 121 cm³/mol. The van der Waals surface area contributed by atoms with Crippen LogP contribution in [-0.4, -0.2) is 12.4 Å². The van der Waals surface area contributed by atoms with Gasteiger partial charge in [0.2, 0.25) is 5.41 Å². The van der Waals surface area contributed by atoms with Crippen LogP contribution in [0.2, 0.25) is 0 Å². The third-order valence-electron chi connectivity index (χ3n) is 5.59. The van der Waals surface area contributed by atoms with Gasteiger partial charge >= 0.3 is 12.4 Å². The Morgan fingerprint density at radius 2 is 0.818 bits per heavy atom. The Bertz CT molecular complexity index is 940. The van der Waals surface area contributed by atoms with E-state index >= 15 is 0 Å². The minimum atomic E-state index is -5.65. The fourth-order valence-electron chi connectivity index (χ4n) is 4.10. The maximum absolute atomic E-state index is 14.6. The van der Waals surface area contributed by atoms with Crippen molar-refractivity contribution in [1.82, 2.24) is 0 Å². The molecule has 176 valence electrons. The van der Waals surface area contributed by atoms with Gasteiger partial charge in [0.25, 0.3) is 0 Å². The summed E-state index contributed by atoms with van der Waals surface area (Å²) in [7, 11) is 0. The summed E-state index contributed by atoms with van der Waals surface area (Å²) in [6.45, 7) is 14.4. The molecule has 0 nitrogen and oxygen atoms in total. The maximum atomic E-state index is 14.6. The summed E-state index contributed by atoms with van der Waals surface area (Å²) in [5, 5.41) is 0. The van der Waals surface area contributed by atoms with Gasteiger partial charge in [0, 0.05) is 0 Å². The van der Waals surface area contributed by atoms with Gasteiger partial charge in [-0.2, -0.15) is 26.3 Å². The molecule has 0 aliphatic heterocycles. The average molecular weight is 464 g/mol. The van der Waals surface area contributed by atoms with Crippen molar-refractivity contribution in [3.05, 3.63) is 120 Å². The topological polar surface area (TPSA) is 0 Å². The van der Waals surface area contributed by atoms with Crippen molar-refractivity contribution in [2.24, 2.45) is 0 Å². The Labute approximate surface area is 190 Å². The highest BCUT2D eigenvalue weighted by Crippen LogP contribution is 2.56. The van der Waals surface area contributed by atoms with Crippen LogP contribution in [0.1, 0.15) is 33.4 Å². The molecule has 0 heterocycles. The van der Waals surface area contributed by atoms with Gasteiger partial charge in [-0.1, -0.05) is 60.7 Å². The third-order valence-corrected chi connectivity index (χ3v) is 5.59. The second-order valence-corrected chi connectivity index (χ2v) is 7.68. The lowest BCUT2D eigenvalue weighted by Gasteiger charge is -2.39. The molecule has 0 bridgehead atoms. The molecule has 0 unspecified atom stereocenters. The summed E-state index contributed by atoms with van der Waals surface area (Å²) < 4.78 is 87.5. The largest absolute Gasteiger partial charge is 0.411 e. The minimum absolute atomic E-state index is 0.128. The molecule has 0 atom stereocenters. The molecule has 2 aromatic rings. The van der Waals surface area contributed by atoms with E-state index in [-0.39, 0.29) is 12.8 Å². The Kier molecular flexibility index (Phi) is 8.17. The quantitative estimate of drug-likeness (QED) is 0.247. The third kappa shape index (κ3) is 5.00. The number of benzene rings is 2. The molecule has 0 fully saturated rings. The lowest BCUT2D eigenvalue weighted by molar-refractivity contribution is -0.288. The van der Waals surface area contributed by atoms with Crippen molar-refractivity contribution in [3.63, 3.8) is 0 Å². The molecule has 0 saturated carbocycles. The van der Waals surface area contributed by atoms with E-state index in [1.165, 1.54) is 24.3 Å². The van der Waals surface area contributed by atoms with Crippen LogP contribution in [0.3, 0.4) is 0 Å². The van der Waals surface area contributed by atoms with Gasteiger partial charge in [-0.25, -0.2) is 0 Å². The molecule has 0 aromatic heterocycles. The van der Waals surface area contributed by atoms with E-state index in [4.69, 9.17) is 0 Å². The van der Waals surface area contributed by atoms with E-state index in [0.29, 0.717) is 35.1 Å². The van der Waals surface area contributed by atoms with Crippen molar-refractivity contribution in [2.45, 2.75) is 43.5 Å². The average Bonchev–Trinajstić information content (AvgIpc) is 2.70. The lowest BCUT2D eigenvalue weighted by Crippen LogP contribution is -2.55. The second kappa shape index (κ2) is 10.3. The van der Waals surface area contributed by atoms with Gasteiger partial charge in [-0.3, -0.25) is 0 Å². The molecular weight excluding hydrogens is 438 g/mol. The fourth-order valence-corrected chi connectivity index (χ4v) is 4.10. The highest BCUT2D eigenvalue weighted by atomic mass is 19.4. The van der Waals surface area contributed by atoms with Crippen molar-refractivity contribution < 1.29 is 26.3 Å². The summed E-state index contributed by atoms with van der Waals surface area (Å²) >= 11 is 0. The number of halogens is 6. The molecule has 0 saturated heterocycles. The molecule has 2 aromatic carbocycles. The van der Waals surface area contributed by atoms with E-state index < -0.39 is 28.9 Å². The van der Waals surface area contributed by atoms with E-state index in [9.17, 15) is 26.3 Å². The molecule has 6 heteroatoms. The summed E-state index contributed by atoms with van der Waals surface area (Å²) in [6, 6.07) is 6.42. The Balaban J connectivity index is 2.96. The van der Waals surface area contributed by atoms with Crippen LogP contribution in [0.25, 0.3) is 0 Å². The highest BCUT2D eigenvalue weighted by Gasteiger charge is 2.72. The summed E-state index contributed by atoms with van der Waals surface area (Å²) in [5.41, 5.74) is -4.09. The van der Waals surface area contributed by atoms with Crippen LogP contribution in [0.15, 0.2) is 87.0 Å². The van der Waals surface area contributed by atoms with Crippen LogP contribution in [0.5, 0.6) is 0 Å². The zero-order valence-corrected chi connectivity index (χ0v) is 18.2. The lowest BCUT2D eigenvalue weighted by atomic mass is 9.71. The zero-order valence-electron chi connectivity index (χ0n) is 18.2. The first kappa shape index (κ1) is 26.2. The molecule has 0 amide bonds. The maximum Gasteiger partial charge on any atom is 0.411 e. The monoisotopic (exact) mass is 464 g/mol. The van der Waals surface area contributed by atoms with E-state index in [0.717, 1.165) is 24.3 Å². The number of allylic oxidation sites excluding steroid dienone is 4. The molecule has 0 radical (unpaired) electrons. The van der Waals surface area contributed by atoms with Crippen LogP contribution in [0.4, 0.5) is 26.3 Å². The first-order chi connectivity index (χ1) is 15.5. The van der Waals surface area contributed by atoms with E-state index in [2.05, 4.69) is 26.3 Å². The van der Waals surface area contributed by atoms with Gasteiger partial charge in [0.1, 0.15) is 0 Å². The molecular formula is C27H26F6.